The Bertz CT molecular complexity index is 1270. The molecule has 3 aromatic rings. The summed E-state index contributed by atoms with van der Waals surface area (Å²) in [6.45, 7) is 6.40. The van der Waals surface area contributed by atoms with Gasteiger partial charge >= 0.3 is 5.97 Å². The first-order valence-corrected chi connectivity index (χ1v) is 11.7. The van der Waals surface area contributed by atoms with E-state index in [4.69, 9.17) is 0 Å². The summed E-state index contributed by atoms with van der Waals surface area (Å²) >= 11 is 0. The van der Waals surface area contributed by atoms with Crippen LogP contribution in [0.2, 0.25) is 0 Å². The minimum Gasteiger partial charge on any atom is -0.478 e. The van der Waals surface area contributed by atoms with Gasteiger partial charge in [0.1, 0.15) is 11.4 Å². The second-order valence-electron chi connectivity index (χ2n) is 8.90. The Morgan fingerprint density at radius 2 is 1.61 bits per heavy atom. The third kappa shape index (κ3) is 6.25. The number of anilines is 3. The second-order valence-corrected chi connectivity index (χ2v) is 8.90. The quantitative estimate of drug-likeness (QED) is 0.468. The lowest BCUT2D eigenvalue weighted by molar-refractivity contribution is -0.117. The first-order chi connectivity index (χ1) is 17.3. The van der Waals surface area contributed by atoms with Gasteiger partial charge in [0.2, 0.25) is 5.91 Å². The molecule has 0 unspecified atom stereocenters. The molecule has 0 spiro atoms. The SMILES string of the molecule is Cc1ccc(C(=O)Nc2cnc(N3CCN(CC(=O)Nc4cccc(C)c4)CC3)c(C(=O)O)c2)cc1. The largest absolute Gasteiger partial charge is 0.478 e. The summed E-state index contributed by atoms with van der Waals surface area (Å²) in [6.07, 6.45) is 1.47. The van der Waals surface area contributed by atoms with Crippen molar-refractivity contribution in [1.29, 1.82) is 0 Å². The monoisotopic (exact) mass is 487 g/mol. The first kappa shape index (κ1) is 24.9. The van der Waals surface area contributed by atoms with Crippen molar-refractivity contribution in [2.24, 2.45) is 0 Å². The van der Waals surface area contributed by atoms with Crippen molar-refractivity contribution in [1.82, 2.24) is 9.88 Å². The fourth-order valence-electron chi connectivity index (χ4n) is 4.09. The molecule has 2 heterocycles. The molecule has 2 aromatic carbocycles. The van der Waals surface area contributed by atoms with Gasteiger partial charge in [-0.15, -0.1) is 0 Å². The minimum atomic E-state index is -1.12. The van der Waals surface area contributed by atoms with Gasteiger partial charge in [-0.05, 0) is 49.7 Å². The highest BCUT2D eigenvalue weighted by Gasteiger charge is 2.24. The number of rotatable bonds is 7. The van der Waals surface area contributed by atoms with Crippen molar-refractivity contribution < 1.29 is 19.5 Å². The maximum atomic E-state index is 12.5. The molecular weight excluding hydrogens is 458 g/mol. The van der Waals surface area contributed by atoms with Gasteiger partial charge in [-0.25, -0.2) is 9.78 Å². The van der Waals surface area contributed by atoms with E-state index >= 15 is 0 Å². The smallest absolute Gasteiger partial charge is 0.339 e. The number of piperazine rings is 1. The summed E-state index contributed by atoms with van der Waals surface area (Å²) in [5.74, 6) is -1.20. The van der Waals surface area contributed by atoms with E-state index in [9.17, 15) is 19.5 Å². The molecule has 0 radical (unpaired) electrons. The summed E-state index contributed by atoms with van der Waals surface area (Å²) in [6, 6.07) is 16.2. The van der Waals surface area contributed by atoms with Gasteiger partial charge in [-0.2, -0.15) is 0 Å². The maximum Gasteiger partial charge on any atom is 0.339 e. The van der Waals surface area contributed by atoms with Gasteiger partial charge in [0.15, 0.2) is 0 Å². The number of pyridine rings is 1. The minimum absolute atomic E-state index is 0.0161. The highest BCUT2D eigenvalue weighted by molar-refractivity contribution is 6.05. The van der Waals surface area contributed by atoms with Crippen LogP contribution in [0.15, 0.2) is 60.8 Å². The number of carboxylic acid groups (broad SMARTS) is 1. The van der Waals surface area contributed by atoms with Crippen molar-refractivity contribution in [2.45, 2.75) is 13.8 Å². The molecule has 36 heavy (non-hydrogen) atoms. The van der Waals surface area contributed by atoms with Crippen LogP contribution in [-0.2, 0) is 4.79 Å². The van der Waals surface area contributed by atoms with Crippen LogP contribution in [0.25, 0.3) is 0 Å². The van der Waals surface area contributed by atoms with Gasteiger partial charge in [0, 0.05) is 37.4 Å². The number of amides is 2. The molecule has 9 heteroatoms. The maximum absolute atomic E-state index is 12.5. The fourth-order valence-corrected chi connectivity index (χ4v) is 4.09. The summed E-state index contributed by atoms with van der Waals surface area (Å²) in [4.78, 5) is 45.2. The number of hydrogen-bond acceptors (Lipinski definition) is 6. The van der Waals surface area contributed by atoms with Crippen molar-refractivity contribution in [3.63, 3.8) is 0 Å². The van der Waals surface area contributed by atoms with Gasteiger partial charge in [0.05, 0.1) is 18.4 Å². The molecule has 9 nitrogen and oxygen atoms in total. The Morgan fingerprint density at radius 3 is 2.28 bits per heavy atom. The van der Waals surface area contributed by atoms with E-state index in [0.29, 0.717) is 43.2 Å². The zero-order valence-electron chi connectivity index (χ0n) is 20.3. The lowest BCUT2D eigenvalue weighted by Crippen LogP contribution is -2.49. The molecule has 0 bridgehead atoms. The molecule has 2 amide bonds. The number of nitrogens with one attached hydrogen (secondary N) is 2. The predicted molar refractivity (Wildman–Crippen MR) is 139 cm³/mol. The van der Waals surface area contributed by atoms with Crippen LogP contribution in [0.4, 0.5) is 17.2 Å². The molecule has 0 atom stereocenters. The van der Waals surface area contributed by atoms with Gasteiger partial charge < -0.3 is 20.6 Å². The normalized spacial score (nSPS) is 13.8. The molecule has 3 N–H and O–H groups in total. The zero-order chi connectivity index (χ0) is 25.7. The number of aryl methyl sites for hydroxylation is 2. The third-order valence-electron chi connectivity index (χ3n) is 6.01. The summed E-state index contributed by atoms with van der Waals surface area (Å²) in [5, 5.41) is 15.4. The first-order valence-electron chi connectivity index (χ1n) is 11.7. The number of carbonyl (C=O) groups excluding carboxylic acids is 2. The van der Waals surface area contributed by atoms with Gasteiger partial charge in [-0.3, -0.25) is 14.5 Å². The Hall–Kier alpha value is -4.24. The van der Waals surface area contributed by atoms with E-state index in [1.807, 2.05) is 60.0 Å². The van der Waals surface area contributed by atoms with Crippen LogP contribution in [0.3, 0.4) is 0 Å². The standard InChI is InChI=1S/C27H29N5O4/c1-18-6-8-20(9-7-18)26(34)30-22-15-23(27(35)36)25(28-16-22)32-12-10-31(11-13-32)17-24(33)29-21-5-3-4-19(2)14-21/h3-9,14-16H,10-13,17H2,1-2H3,(H,29,33)(H,30,34)(H,35,36). The topological polar surface area (TPSA) is 115 Å². The Kier molecular flexibility index (Phi) is 7.60. The Morgan fingerprint density at radius 1 is 0.889 bits per heavy atom. The van der Waals surface area contributed by atoms with E-state index in [2.05, 4.69) is 15.6 Å². The molecule has 0 saturated carbocycles. The molecule has 1 aromatic heterocycles. The van der Waals surface area contributed by atoms with Gasteiger partial charge in [-0.1, -0.05) is 29.8 Å². The number of carboxylic acids is 1. The number of aromatic nitrogens is 1. The molecule has 1 fully saturated rings. The fraction of sp³-hybridized carbons (Fsp3) is 0.259. The van der Waals surface area contributed by atoms with E-state index < -0.39 is 5.97 Å². The summed E-state index contributed by atoms with van der Waals surface area (Å²) < 4.78 is 0. The van der Waals surface area contributed by atoms with Gasteiger partial charge in [0.25, 0.3) is 5.91 Å². The summed E-state index contributed by atoms with van der Waals surface area (Å²) in [5.41, 5.74) is 3.68. The van der Waals surface area contributed by atoms with E-state index in [0.717, 1.165) is 16.8 Å². The number of carbonyl (C=O) groups is 3. The zero-order valence-corrected chi connectivity index (χ0v) is 20.3. The number of nitrogens with zero attached hydrogens (tertiary/aromatic N) is 3. The molecule has 4 rings (SSSR count). The lowest BCUT2D eigenvalue weighted by atomic mass is 10.1. The Balaban J connectivity index is 1.36. The molecular formula is C27H29N5O4. The molecule has 1 aliphatic heterocycles. The van der Waals surface area contributed by atoms with Crippen molar-refractivity contribution in [3.8, 4) is 0 Å². The Labute approximate surface area is 209 Å². The second kappa shape index (κ2) is 11.0. The lowest BCUT2D eigenvalue weighted by Gasteiger charge is -2.35. The van der Waals surface area contributed by atoms with Crippen LogP contribution in [0.5, 0.6) is 0 Å². The molecule has 1 saturated heterocycles. The van der Waals surface area contributed by atoms with E-state index in [1.165, 1.54) is 12.3 Å². The third-order valence-corrected chi connectivity index (χ3v) is 6.01. The number of benzene rings is 2. The highest BCUT2D eigenvalue weighted by atomic mass is 16.4. The van der Waals surface area contributed by atoms with Crippen LogP contribution >= 0.6 is 0 Å². The predicted octanol–water partition coefficient (Wildman–Crippen LogP) is 3.41. The van der Waals surface area contributed by atoms with Crippen LogP contribution < -0.4 is 15.5 Å². The average molecular weight is 488 g/mol. The van der Waals surface area contributed by atoms with E-state index in [1.54, 1.807) is 12.1 Å². The number of hydrogen-bond donors (Lipinski definition) is 3. The van der Waals surface area contributed by atoms with Crippen LogP contribution in [0, 0.1) is 13.8 Å². The van der Waals surface area contributed by atoms with Crippen LogP contribution in [-0.4, -0.2) is 65.5 Å². The summed E-state index contributed by atoms with van der Waals surface area (Å²) in [7, 11) is 0. The highest BCUT2D eigenvalue weighted by Crippen LogP contribution is 2.23. The number of aromatic carboxylic acids is 1. The van der Waals surface area contributed by atoms with Crippen molar-refractivity contribution in [3.05, 3.63) is 83.0 Å². The van der Waals surface area contributed by atoms with E-state index in [-0.39, 0.29) is 23.9 Å². The molecule has 1 aliphatic rings. The molecule has 186 valence electrons. The average Bonchev–Trinajstić information content (AvgIpc) is 2.85. The molecule has 0 aliphatic carbocycles. The van der Waals surface area contributed by atoms with Crippen LogP contribution in [0.1, 0.15) is 31.8 Å². The van der Waals surface area contributed by atoms with Crippen molar-refractivity contribution in [2.75, 3.05) is 48.3 Å². The van der Waals surface area contributed by atoms with Crippen molar-refractivity contribution >= 4 is 35.0 Å².